The third-order valence-electron chi connectivity index (χ3n) is 2.51. The van der Waals surface area contributed by atoms with Gasteiger partial charge in [0, 0.05) is 13.1 Å². The SMILES string of the molecule is O=C(O)c1ccc(NN2CCOCC2)c(Cl)c1. The maximum atomic E-state index is 10.7. The molecule has 0 unspecified atom stereocenters. The van der Waals surface area contributed by atoms with Gasteiger partial charge in [-0.25, -0.2) is 9.80 Å². The molecule has 0 radical (unpaired) electrons. The van der Waals surface area contributed by atoms with Gasteiger partial charge in [-0.05, 0) is 18.2 Å². The van der Waals surface area contributed by atoms with Gasteiger partial charge in [-0.3, -0.25) is 0 Å². The van der Waals surface area contributed by atoms with Crippen LogP contribution >= 0.6 is 11.6 Å². The zero-order valence-corrected chi connectivity index (χ0v) is 9.91. The number of hydrogen-bond acceptors (Lipinski definition) is 4. The van der Waals surface area contributed by atoms with Gasteiger partial charge in [-0.2, -0.15) is 0 Å². The normalized spacial score (nSPS) is 16.8. The topological polar surface area (TPSA) is 61.8 Å². The molecule has 0 saturated carbocycles. The lowest BCUT2D eigenvalue weighted by Crippen LogP contribution is -2.40. The summed E-state index contributed by atoms with van der Waals surface area (Å²) in [6, 6.07) is 4.63. The minimum absolute atomic E-state index is 0.183. The van der Waals surface area contributed by atoms with Crippen molar-refractivity contribution in [1.82, 2.24) is 5.01 Å². The van der Waals surface area contributed by atoms with Crippen molar-refractivity contribution >= 4 is 23.3 Å². The first kappa shape index (κ1) is 12.2. The van der Waals surface area contributed by atoms with E-state index in [2.05, 4.69) is 5.43 Å². The summed E-state index contributed by atoms with van der Waals surface area (Å²) in [7, 11) is 0. The number of benzene rings is 1. The molecule has 1 aromatic rings. The molecule has 0 atom stereocenters. The monoisotopic (exact) mass is 256 g/mol. The zero-order valence-electron chi connectivity index (χ0n) is 9.15. The van der Waals surface area contributed by atoms with Crippen molar-refractivity contribution in [3.05, 3.63) is 28.8 Å². The number of hydrogen-bond donors (Lipinski definition) is 2. The van der Waals surface area contributed by atoms with Crippen LogP contribution in [0.4, 0.5) is 5.69 Å². The van der Waals surface area contributed by atoms with Crippen LogP contribution in [0.1, 0.15) is 10.4 Å². The van der Waals surface area contributed by atoms with Crippen LogP contribution in [-0.2, 0) is 4.74 Å². The second-order valence-electron chi connectivity index (χ2n) is 3.71. The van der Waals surface area contributed by atoms with Crippen LogP contribution in [0.25, 0.3) is 0 Å². The van der Waals surface area contributed by atoms with Crippen LogP contribution in [0.5, 0.6) is 0 Å². The summed E-state index contributed by atoms with van der Waals surface area (Å²) in [4.78, 5) is 10.7. The lowest BCUT2D eigenvalue weighted by atomic mass is 10.2. The Labute approximate surface area is 104 Å². The summed E-state index contributed by atoms with van der Waals surface area (Å²) in [5.74, 6) is -0.982. The number of carboxylic acids is 1. The molecule has 0 aromatic heterocycles. The lowest BCUT2D eigenvalue weighted by Gasteiger charge is -2.28. The number of nitrogens with zero attached hydrogens (tertiary/aromatic N) is 1. The van der Waals surface area contributed by atoms with E-state index < -0.39 is 5.97 Å². The summed E-state index contributed by atoms with van der Waals surface area (Å²) < 4.78 is 5.23. The van der Waals surface area contributed by atoms with Gasteiger partial charge in [0.05, 0.1) is 29.5 Å². The quantitative estimate of drug-likeness (QED) is 0.862. The number of anilines is 1. The molecule has 1 fully saturated rings. The van der Waals surface area contributed by atoms with E-state index in [1.54, 1.807) is 6.07 Å². The fourth-order valence-electron chi connectivity index (χ4n) is 1.58. The Kier molecular flexibility index (Phi) is 3.83. The van der Waals surface area contributed by atoms with Crippen molar-refractivity contribution in [3.8, 4) is 0 Å². The van der Waals surface area contributed by atoms with Gasteiger partial charge in [0.2, 0.25) is 0 Å². The first-order valence-corrected chi connectivity index (χ1v) is 5.67. The van der Waals surface area contributed by atoms with E-state index in [0.717, 1.165) is 13.1 Å². The molecule has 92 valence electrons. The summed E-state index contributed by atoms with van der Waals surface area (Å²) in [6.45, 7) is 2.91. The van der Waals surface area contributed by atoms with Crippen LogP contribution in [-0.4, -0.2) is 42.4 Å². The third-order valence-corrected chi connectivity index (χ3v) is 2.82. The highest BCUT2D eigenvalue weighted by molar-refractivity contribution is 6.33. The number of carboxylic acid groups (broad SMARTS) is 1. The van der Waals surface area contributed by atoms with Gasteiger partial charge in [-0.15, -0.1) is 0 Å². The zero-order chi connectivity index (χ0) is 12.3. The average Bonchev–Trinajstić information content (AvgIpc) is 2.33. The van der Waals surface area contributed by atoms with Crippen LogP contribution in [0.15, 0.2) is 18.2 Å². The first-order chi connectivity index (χ1) is 8.16. The molecule has 0 amide bonds. The van der Waals surface area contributed by atoms with Crippen LogP contribution in [0, 0.1) is 0 Å². The number of ether oxygens (including phenoxy) is 1. The van der Waals surface area contributed by atoms with Crippen LogP contribution < -0.4 is 5.43 Å². The van der Waals surface area contributed by atoms with Gasteiger partial charge in [0.1, 0.15) is 0 Å². The minimum Gasteiger partial charge on any atom is -0.478 e. The molecule has 5 nitrogen and oxygen atoms in total. The predicted molar refractivity (Wildman–Crippen MR) is 64.4 cm³/mol. The molecule has 2 N–H and O–H groups in total. The van der Waals surface area contributed by atoms with Crippen molar-refractivity contribution in [2.45, 2.75) is 0 Å². The molecule has 1 heterocycles. The number of aromatic carboxylic acids is 1. The van der Waals surface area contributed by atoms with Gasteiger partial charge >= 0.3 is 5.97 Å². The maximum absolute atomic E-state index is 10.7. The highest BCUT2D eigenvalue weighted by Gasteiger charge is 2.12. The Morgan fingerprint density at radius 1 is 1.41 bits per heavy atom. The van der Waals surface area contributed by atoms with E-state index in [1.807, 2.05) is 5.01 Å². The Hall–Kier alpha value is -1.30. The van der Waals surface area contributed by atoms with Crippen molar-refractivity contribution in [2.24, 2.45) is 0 Å². The van der Waals surface area contributed by atoms with E-state index in [1.165, 1.54) is 12.1 Å². The van der Waals surface area contributed by atoms with Crippen molar-refractivity contribution in [2.75, 3.05) is 31.7 Å². The second-order valence-corrected chi connectivity index (χ2v) is 4.12. The largest absolute Gasteiger partial charge is 0.478 e. The van der Waals surface area contributed by atoms with Crippen molar-refractivity contribution in [1.29, 1.82) is 0 Å². The van der Waals surface area contributed by atoms with Crippen LogP contribution in [0.2, 0.25) is 5.02 Å². The summed E-state index contributed by atoms with van der Waals surface area (Å²) in [5, 5.41) is 11.2. The summed E-state index contributed by atoms with van der Waals surface area (Å²) in [6.07, 6.45) is 0. The van der Waals surface area contributed by atoms with Gasteiger partial charge in [0.15, 0.2) is 0 Å². The summed E-state index contributed by atoms with van der Waals surface area (Å²) >= 11 is 6.01. The maximum Gasteiger partial charge on any atom is 0.335 e. The molecular formula is C11H13ClN2O3. The molecule has 1 saturated heterocycles. The highest BCUT2D eigenvalue weighted by Crippen LogP contribution is 2.23. The average molecular weight is 257 g/mol. The number of halogens is 1. The standard InChI is InChI=1S/C11H13ClN2O3/c12-9-7-8(11(15)16)1-2-10(9)13-14-3-5-17-6-4-14/h1-2,7,13H,3-6H2,(H,15,16). The number of hydrazine groups is 1. The molecule has 1 aliphatic heterocycles. The third kappa shape index (κ3) is 3.09. The molecule has 2 rings (SSSR count). The van der Waals surface area contributed by atoms with Crippen molar-refractivity contribution < 1.29 is 14.6 Å². The second kappa shape index (κ2) is 5.35. The van der Waals surface area contributed by atoms with Gasteiger partial charge in [-0.1, -0.05) is 11.6 Å². The van der Waals surface area contributed by atoms with Gasteiger partial charge < -0.3 is 15.3 Å². The lowest BCUT2D eigenvalue weighted by molar-refractivity contribution is 0.0497. The molecule has 1 aliphatic rings. The van der Waals surface area contributed by atoms with Crippen LogP contribution in [0.3, 0.4) is 0 Å². The minimum atomic E-state index is -0.982. The number of carbonyl (C=O) groups is 1. The molecule has 1 aromatic carbocycles. The molecule has 17 heavy (non-hydrogen) atoms. The Morgan fingerprint density at radius 3 is 2.71 bits per heavy atom. The van der Waals surface area contributed by atoms with Crippen molar-refractivity contribution in [3.63, 3.8) is 0 Å². The smallest absolute Gasteiger partial charge is 0.335 e. The molecule has 0 aliphatic carbocycles. The Balaban J connectivity index is 2.08. The molecule has 0 bridgehead atoms. The van der Waals surface area contributed by atoms with E-state index >= 15 is 0 Å². The summed E-state index contributed by atoms with van der Waals surface area (Å²) in [5.41, 5.74) is 4.03. The number of rotatable bonds is 3. The molecule has 0 spiro atoms. The molecular weight excluding hydrogens is 244 g/mol. The molecule has 6 heteroatoms. The Bertz CT molecular complexity index is 419. The highest BCUT2D eigenvalue weighted by atomic mass is 35.5. The van der Waals surface area contributed by atoms with E-state index in [9.17, 15) is 4.79 Å². The number of nitrogens with one attached hydrogen (secondary N) is 1. The van der Waals surface area contributed by atoms with E-state index in [-0.39, 0.29) is 5.56 Å². The van der Waals surface area contributed by atoms with E-state index in [4.69, 9.17) is 21.4 Å². The predicted octanol–water partition coefficient (Wildman–Crippen LogP) is 1.70. The fourth-order valence-corrected chi connectivity index (χ4v) is 1.81. The van der Waals surface area contributed by atoms with Gasteiger partial charge in [0.25, 0.3) is 0 Å². The Morgan fingerprint density at radius 2 is 2.12 bits per heavy atom. The first-order valence-electron chi connectivity index (χ1n) is 5.29. The number of morpholine rings is 1. The fraction of sp³-hybridized carbons (Fsp3) is 0.364. The van der Waals surface area contributed by atoms with E-state index in [0.29, 0.717) is 23.9 Å².